The van der Waals surface area contributed by atoms with E-state index in [0.29, 0.717) is 0 Å². The molecule has 0 saturated carbocycles. The Labute approximate surface area is 102 Å². The molecule has 0 aliphatic rings. The highest BCUT2D eigenvalue weighted by molar-refractivity contribution is 5.87. The van der Waals surface area contributed by atoms with Gasteiger partial charge in [0.2, 0.25) is 5.82 Å². The van der Waals surface area contributed by atoms with E-state index >= 15 is 0 Å². The predicted molar refractivity (Wildman–Crippen MR) is 59.4 cm³/mol. The Morgan fingerprint density at radius 1 is 1.56 bits per heavy atom. The van der Waals surface area contributed by atoms with Crippen LogP contribution in [0.15, 0.2) is 30.6 Å². The number of halogens is 1. The minimum Gasteiger partial charge on any atom is -0.478 e. The average Bonchev–Trinajstić information content (AvgIpc) is 2.79. The van der Waals surface area contributed by atoms with Crippen molar-refractivity contribution in [2.45, 2.75) is 6.54 Å². The fourth-order valence-electron chi connectivity index (χ4n) is 1.56. The van der Waals surface area contributed by atoms with Gasteiger partial charge in [0.1, 0.15) is 11.9 Å². The Hall–Kier alpha value is -2.68. The zero-order valence-corrected chi connectivity index (χ0v) is 9.17. The second-order valence-corrected chi connectivity index (χ2v) is 3.60. The maximum absolute atomic E-state index is 13.6. The van der Waals surface area contributed by atoms with Crippen molar-refractivity contribution in [3.05, 3.63) is 53.4 Å². The van der Waals surface area contributed by atoms with Crippen LogP contribution < -0.4 is 0 Å². The molecule has 90 valence electrons. The van der Waals surface area contributed by atoms with E-state index in [-0.39, 0.29) is 23.5 Å². The number of aromatic nitrogens is 2. The molecule has 18 heavy (non-hydrogen) atoms. The number of hydrogen-bond donors (Lipinski definition) is 1. The van der Waals surface area contributed by atoms with E-state index in [4.69, 9.17) is 10.4 Å². The lowest BCUT2D eigenvalue weighted by atomic mass is 10.1. The second kappa shape index (κ2) is 4.67. The first-order chi connectivity index (χ1) is 8.61. The lowest BCUT2D eigenvalue weighted by Crippen LogP contribution is -2.06. The van der Waals surface area contributed by atoms with E-state index in [1.165, 1.54) is 29.1 Å². The van der Waals surface area contributed by atoms with E-state index in [2.05, 4.69) is 4.98 Å². The number of nitrogens with zero attached hydrogens (tertiary/aromatic N) is 3. The van der Waals surface area contributed by atoms with Gasteiger partial charge in [-0.2, -0.15) is 5.26 Å². The van der Waals surface area contributed by atoms with Gasteiger partial charge in [-0.15, -0.1) is 0 Å². The van der Waals surface area contributed by atoms with Crippen LogP contribution in [0.2, 0.25) is 0 Å². The van der Waals surface area contributed by atoms with Crippen LogP contribution in [-0.4, -0.2) is 20.6 Å². The highest BCUT2D eigenvalue weighted by Gasteiger charge is 2.10. The quantitative estimate of drug-likeness (QED) is 0.891. The maximum Gasteiger partial charge on any atom is 0.335 e. The molecule has 0 bridgehead atoms. The van der Waals surface area contributed by atoms with Crippen LogP contribution in [0.25, 0.3) is 0 Å². The predicted octanol–water partition coefficient (Wildman–Crippen LogP) is 1.64. The van der Waals surface area contributed by atoms with E-state index in [1.54, 1.807) is 0 Å². The molecule has 5 nitrogen and oxygen atoms in total. The lowest BCUT2D eigenvalue weighted by Gasteiger charge is -2.06. The fourth-order valence-corrected chi connectivity index (χ4v) is 1.56. The molecule has 0 atom stereocenters. The molecule has 1 aromatic heterocycles. The zero-order valence-electron chi connectivity index (χ0n) is 9.17. The molecule has 0 fully saturated rings. The van der Waals surface area contributed by atoms with Gasteiger partial charge in [-0.3, -0.25) is 0 Å². The maximum atomic E-state index is 13.6. The van der Waals surface area contributed by atoms with Crippen molar-refractivity contribution in [1.29, 1.82) is 5.26 Å². The van der Waals surface area contributed by atoms with Gasteiger partial charge < -0.3 is 9.67 Å². The third-order valence-electron chi connectivity index (χ3n) is 2.45. The van der Waals surface area contributed by atoms with Crippen molar-refractivity contribution < 1.29 is 14.3 Å². The van der Waals surface area contributed by atoms with E-state index in [1.807, 2.05) is 6.07 Å². The standard InChI is InChI=1S/C12H8FN3O2/c13-10-2-1-8(12(17)18)5-9(10)7-16-4-3-15-11(16)6-14/h1-5H,7H2,(H,17,18). The van der Waals surface area contributed by atoms with Crippen LogP contribution in [0.3, 0.4) is 0 Å². The van der Waals surface area contributed by atoms with Gasteiger partial charge >= 0.3 is 5.97 Å². The summed E-state index contributed by atoms with van der Waals surface area (Å²) < 4.78 is 15.0. The Balaban J connectivity index is 2.37. The summed E-state index contributed by atoms with van der Waals surface area (Å²) in [7, 11) is 0. The lowest BCUT2D eigenvalue weighted by molar-refractivity contribution is 0.0696. The largest absolute Gasteiger partial charge is 0.478 e. The summed E-state index contributed by atoms with van der Waals surface area (Å²) in [5.74, 6) is -1.49. The summed E-state index contributed by atoms with van der Waals surface area (Å²) in [5, 5.41) is 17.6. The number of carboxylic acids is 1. The van der Waals surface area contributed by atoms with Gasteiger partial charge in [-0.1, -0.05) is 0 Å². The van der Waals surface area contributed by atoms with Crippen molar-refractivity contribution >= 4 is 5.97 Å². The van der Waals surface area contributed by atoms with Gasteiger partial charge in [-0.05, 0) is 18.2 Å². The molecule has 0 unspecified atom stereocenters. The Morgan fingerprint density at radius 3 is 3.00 bits per heavy atom. The topological polar surface area (TPSA) is 78.9 Å². The second-order valence-electron chi connectivity index (χ2n) is 3.60. The minimum absolute atomic E-state index is 0.00465. The Kier molecular flexibility index (Phi) is 3.06. The SMILES string of the molecule is N#Cc1nccn1Cc1cc(C(=O)O)ccc1F. The molecule has 0 radical (unpaired) electrons. The number of imidazole rings is 1. The van der Waals surface area contributed by atoms with Gasteiger partial charge in [0, 0.05) is 18.0 Å². The molecule has 2 aromatic rings. The zero-order chi connectivity index (χ0) is 13.1. The number of hydrogen-bond acceptors (Lipinski definition) is 3. The molecule has 1 N–H and O–H groups in total. The van der Waals surface area contributed by atoms with Crippen LogP contribution in [0.1, 0.15) is 21.7 Å². The van der Waals surface area contributed by atoms with Crippen LogP contribution in [0.5, 0.6) is 0 Å². The number of benzene rings is 1. The molecule has 0 amide bonds. The van der Waals surface area contributed by atoms with Gasteiger partial charge in [0.05, 0.1) is 12.1 Å². The fraction of sp³-hybridized carbons (Fsp3) is 0.0833. The summed E-state index contributed by atoms with van der Waals surface area (Å²) in [5.41, 5.74) is 0.203. The highest BCUT2D eigenvalue weighted by Crippen LogP contribution is 2.13. The van der Waals surface area contributed by atoms with Crippen LogP contribution in [0, 0.1) is 17.1 Å². The average molecular weight is 245 g/mol. The van der Waals surface area contributed by atoms with Crippen molar-refractivity contribution in [2.24, 2.45) is 0 Å². The normalized spacial score (nSPS) is 10.0. The smallest absolute Gasteiger partial charge is 0.335 e. The molecular weight excluding hydrogens is 237 g/mol. The third-order valence-corrected chi connectivity index (χ3v) is 2.45. The molecule has 1 aromatic carbocycles. The third kappa shape index (κ3) is 2.20. The molecular formula is C12H8FN3O2. The summed E-state index contributed by atoms with van der Waals surface area (Å²) in [6.07, 6.45) is 2.96. The molecule has 1 heterocycles. The minimum atomic E-state index is -1.12. The van der Waals surface area contributed by atoms with Crippen LogP contribution in [-0.2, 0) is 6.54 Å². The molecule has 6 heteroatoms. The highest BCUT2D eigenvalue weighted by atomic mass is 19.1. The molecule has 0 spiro atoms. The first-order valence-corrected chi connectivity index (χ1v) is 5.05. The first kappa shape index (κ1) is 11.8. The van der Waals surface area contributed by atoms with E-state index < -0.39 is 11.8 Å². The van der Waals surface area contributed by atoms with Gasteiger partial charge in [0.15, 0.2) is 0 Å². The van der Waals surface area contributed by atoms with Crippen molar-refractivity contribution in [3.63, 3.8) is 0 Å². The van der Waals surface area contributed by atoms with E-state index in [9.17, 15) is 9.18 Å². The molecule has 0 aliphatic heterocycles. The Morgan fingerprint density at radius 2 is 2.33 bits per heavy atom. The Bertz CT molecular complexity index is 643. The molecule has 0 aliphatic carbocycles. The number of aromatic carboxylic acids is 1. The number of rotatable bonds is 3. The molecule has 0 saturated heterocycles. The van der Waals surface area contributed by atoms with Crippen molar-refractivity contribution in [1.82, 2.24) is 9.55 Å². The van der Waals surface area contributed by atoms with Crippen LogP contribution in [0.4, 0.5) is 4.39 Å². The molecule has 2 rings (SSSR count). The van der Waals surface area contributed by atoms with Gasteiger partial charge in [-0.25, -0.2) is 14.2 Å². The number of nitriles is 1. The van der Waals surface area contributed by atoms with Crippen molar-refractivity contribution in [2.75, 3.05) is 0 Å². The monoisotopic (exact) mass is 245 g/mol. The summed E-state index contributed by atoms with van der Waals surface area (Å²) in [4.78, 5) is 14.6. The van der Waals surface area contributed by atoms with Crippen molar-refractivity contribution in [3.8, 4) is 6.07 Å². The van der Waals surface area contributed by atoms with Crippen LogP contribution >= 0.6 is 0 Å². The summed E-state index contributed by atoms with van der Waals surface area (Å²) in [6.45, 7) is 0.0653. The summed E-state index contributed by atoms with van der Waals surface area (Å²) >= 11 is 0. The first-order valence-electron chi connectivity index (χ1n) is 5.05. The number of carboxylic acid groups (broad SMARTS) is 1. The van der Waals surface area contributed by atoms with Gasteiger partial charge in [0.25, 0.3) is 0 Å². The summed E-state index contributed by atoms with van der Waals surface area (Å²) in [6, 6.07) is 5.41. The number of carbonyl (C=O) groups is 1. The van der Waals surface area contributed by atoms with E-state index in [0.717, 1.165) is 6.07 Å².